The van der Waals surface area contributed by atoms with Gasteiger partial charge in [0.15, 0.2) is 0 Å². The van der Waals surface area contributed by atoms with Crippen LogP contribution in [0.1, 0.15) is 33.6 Å². The highest BCUT2D eigenvalue weighted by molar-refractivity contribution is 7.89. The van der Waals surface area contributed by atoms with Gasteiger partial charge in [0.25, 0.3) is 0 Å². The van der Waals surface area contributed by atoms with E-state index in [4.69, 9.17) is 5.73 Å². The second kappa shape index (κ2) is 5.02. The van der Waals surface area contributed by atoms with Gasteiger partial charge in [-0.05, 0) is 30.7 Å². The van der Waals surface area contributed by atoms with Crippen molar-refractivity contribution in [2.75, 3.05) is 25.4 Å². The predicted octanol–water partition coefficient (Wildman–Crippen LogP) is 1.03. The van der Waals surface area contributed by atoms with Gasteiger partial charge in [-0.1, -0.05) is 20.8 Å². The van der Waals surface area contributed by atoms with Crippen LogP contribution < -0.4 is 5.73 Å². The molecule has 1 aliphatic heterocycles. The average Bonchev–Trinajstić information content (AvgIpc) is 2.60. The van der Waals surface area contributed by atoms with Crippen LogP contribution in [0.3, 0.4) is 0 Å². The molecule has 0 aromatic heterocycles. The SMILES string of the molecule is CC(C)CCS(=O)(=O)N1CCC(C)(CN)C1. The molecule has 4 nitrogen and oxygen atoms in total. The van der Waals surface area contributed by atoms with Crippen molar-refractivity contribution in [2.24, 2.45) is 17.1 Å². The van der Waals surface area contributed by atoms with Gasteiger partial charge in [-0.15, -0.1) is 0 Å². The van der Waals surface area contributed by atoms with E-state index < -0.39 is 10.0 Å². The van der Waals surface area contributed by atoms with E-state index in [1.165, 1.54) is 0 Å². The zero-order valence-electron chi connectivity index (χ0n) is 10.6. The molecule has 16 heavy (non-hydrogen) atoms. The Hall–Kier alpha value is -0.130. The molecule has 0 saturated carbocycles. The minimum atomic E-state index is -3.06. The molecule has 5 heteroatoms. The fourth-order valence-electron chi connectivity index (χ4n) is 1.90. The quantitative estimate of drug-likeness (QED) is 0.790. The maximum absolute atomic E-state index is 12.0. The highest BCUT2D eigenvalue weighted by atomic mass is 32.2. The number of nitrogens with zero attached hydrogens (tertiary/aromatic N) is 1. The molecule has 0 radical (unpaired) electrons. The summed E-state index contributed by atoms with van der Waals surface area (Å²) in [4.78, 5) is 0. The topological polar surface area (TPSA) is 63.4 Å². The molecule has 1 atom stereocenters. The van der Waals surface area contributed by atoms with Crippen LogP contribution in [-0.4, -0.2) is 38.1 Å². The van der Waals surface area contributed by atoms with Gasteiger partial charge < -0.3 is 5.73 Å². The van der Waals surface area contributed by atoms with Gasteiger partial charge in [0, 0.05) is 13.1 Å². The van der Waals surface area contributed by atoms with E-state index in [1.54, 1.807) is 4.31 Å². The number of hydrogen-bond donors (Lipinski definition) is 1. The molecule has 1 rings (SSSR count). The van der Waals surface area contributed by atoms with Gasteiger partial charge >= 0.3 is 0 Å². The van der Waals surface area contributed by atoms with Crippen LogP contribution in [0.15, 0.2) is 0 Å². The Morgan fingerprint density at radius 2 is 2.06 bits per heavy atom. The lowest BCUT2D eigenvalue weighted by atomic mass is 9.90. The smallest absolute Gasteiger partial charge is 0.214 e. The maximum Gasteiger partial charge on any atom is 0.214 e. The van der Waals surface area contributed by atoms with Crippen LogP contribution in [0, 0.1) is 11.3 Å². The maximum atomic E-state index is 12.0. The molecule has 0 amide bonds. The standard InChI is InChI=1S/C11H24N2O2S/c1-10(2)4-7-16(14,15)13-6-5-11(3,8-12)9-13/h10H,4-9,12H2,1-3H3. The van der Waals surface area contributed by atoms with Crippen molar-refractivity contribution in [3.8, 4) is 0 Å². The molecule has 0 aromatic carbocycles. The summed E-state index contributed by atoms with van der Waals surface area (Å²) in [6.45, 7) is 7.93. The zero-order valence-corrected chi connectivity index (χ0v) is 11.4. The van der Waals surface area contributed by atoms with Gasteiger partial charge in [-0.3, -0.25) is 0 Å². The summed E-state index contributed by atoms with van der Waals surface area (Å²) in [7, 11) is -3.06. The lowest BCUT2D eigenvalue weighted by Crippen LogP contribution is -2.35. The lowest BCUT2D eigenvalue weighted by molar-refractivity contribution is 0.349. The summed E-state index contributed by atoms with van der Waals surface area (Å²) >= 11 is 0. The highest BCUT2D eigenvalue weighted by Gasteiger charge is 2.37. The number of nitrogens with two attached hydrogens (primary N) is 1. The van der Waals surface area contributed by atoms with Crippen molar-refractivity contribution < 1.29 is 8.42 Å². The van der Waals surface area contributed by atoms with E-state index in [9.17, 15) is 8.42 Å². The monoisotopic (exact) mass is 248 g/mol. The van der Waals surface area contributed by atoms with Crippen LogP contribution >= 0.6 is 0 Å². The fraction of sp³-hybridized carbons (Fsp3) is 1.00. The first-order chi connectivity index (χ1) is 7.29. The van der Waals surface area contributed by atoms with Gasteiger partial charge in [-0.25, -0.2) is 12.7 Å². The summed E-state index contributed by atoms with van der Waals surface area (Å²) in [6, 6.07) is 0. The van der Waals surface area contributed by atoms with Crippen molar-refractivity contribution in [3.05, 3.63) is 0 Å². The molecule has 0 aliphatic carbocycles. The van der Waals surface area contributed by atoms with Crippen molar-refractivity contribution >= 4 is 10.0 Å². The van der Waals surface area contributed by atoms with E-state index in [-0.39, 0.29) is 11.2 Å². The van der Waals surface area contributed by atoms with Crippen molar-refractivity contribution in [2.45, 2.75) is 33.6 Å². The van der Waals surface area contributed by atoms with Crippen LogP contribution in [0.4, 0.5) is 0 Å². The van der Waals surface area contributed by atoms with Crippen LogP contribution in [0.5, 0.6) is 0 Å². The van der Waals surface area contributed by atoms with Gasteiger partial charge in [0.2, 0.25) is 10.0 Å². The van der Waals surface area contributed by atoms with Crippen molar-refractivity contribution in [3.63, 3.8) is 0 Å². The predicted molar refractivity (Wildman–Crippen MR) is 66.6 cm³/mol. The molecule has 1 fully saturated rings. The average molecular weight is 248 g/mol. The number of hydrogen-bond acceptors (Lipinski definition) is 3. The second-order valence-corrected chi connectivity index (χ2v) is 7.69. The molecular weight excluding hydrogens is 224 g/mol. The molecule has 96 valence electrons. The Labute approximate surface area is 99.2 Å². The second-order valence-electron chi connectivity index (χ2n) is 5.60. The zero-order chi connectivity index (χ0) is 12.4. The minimum absolute atomic E-state index is 0.0229. The first-order valence-electron chi connectivity index (χ1n) is 5.97. The summed E-state index contributed by atoms with van der Waals surface area (Å²) in [5.74, 6) is 0.698. The Kier molecular flexibility index (Phi) is 4.37. The van der Waals surface area contributed by atoms with Crippen molar-refractivity contribution in [1.29, 1.82) is 0 Å². The third-order valence-electron chi connectivity index (χ3n) is 3.36. The van der Waals surface area contributed by atoms with Crippen LogP contribution in [0.25, 0.3) is 0 Å². The van der Waals surface area contributed by atoms with E-state index in [0.717, 1.165) is 12.8 Å². The summed E-state index contributed by atoms with van der Waals surface area (Å²) in [6.07, 6.45) is 1.61. The lowest BCUT2D eigenvalue weighted by Gasteiger charge is -2.22. The van der Waals surface area contributed by atoms with Crippen LogP contribution in [0.2, 0.25) is 0 Å². The van der Waals surface area contributed by atoms with E-state index >= 15 is 0 Å². The largest absolute Gasteiger partial charge is 0.330 e. The van der Waals surface area contributed by atoms with Gasteiger partial charge in [-0.2, -0.15) is 0 Å². The summed E-state index contributed by atoms with van der Waals surface area (Å²) < 4.78 is 25.7. The molecular formula is C11H24N2O2S. The van der Waals surface area contributed by atoms with E-state index in [0.29, 0.717) is 25.6 Å². The first-order valence-corrected chi connectivity index (χ1v) is 7.58. The number of sulfonamides is 1. The fourth-order valence-corrected chi connectivity index (χ4v) is 3.80. The normalized spacial score (nSPS) is 27.8. The molecule has 1 unspecified atom stereocenters. The Bertz CT molecular complexity index is 327. The Morgan fingerprint density at radius 1 is 1.44 bits per heavy atom. The molecule has 1 heterocycles. The third kappa shape index (κ3) is 3.43. The third-order valence-corrected chi connectivity index (χ3v) is 5.21. The highest BCUT2D eigenvalue weighted by Crippen LogP contribution is 2.30. The van der Waals surface area contributed by atoms with E-state index in [2.05, 4.69) is 6.92 Å². The molecule has 1 aliphatic rings. The van der Waals surface area contributed by atoms with Gasteiger partial charge in [0.05, 0.1) is 5.75 Å². The van der Waals surface area contributed by atoms with E-state index in [1.807, 2.05) is 13.8 Å². The molecule has 2 N–H and O–H groups in total. The number of rotatable bonds is 5. The summed E-state index contributed by atoms with van der Waals surface area (Å²) in [5.41, 5.74) is 5.65. The van der Waals surface area contributed by atoms with Gasteiger partial charge in [0.1, 0.15) is 0 Å². The Morgan fingerprint density at radius 3 is 2.50 bits per heavy atom. The summed E-state index contributed by atoms with van der Waals surface area (Å²) in [5, 5.41) is 0. The van der Waals surface area contributed by atoms with Crippen LogP contribution in [-0.2, 0) is 10.0 Å². The molecule has 0 spiro atoms. The van der Waals surface area contributed by atoms with Crippen molar-refractivity contribution in [1.82, 2.24) is 4.31 Å². The molecule has 0 bridgehead atoms. The first kappa shape index (κ1) is 13.9. The Balaban J connectivity index is 2.59. The minimum Gasteiger partial charge on any atom is -0.330 e. The molecule has 0 aromatic rings. The molecule has 1 saturated heterocycles.